The maximum atomic E-state index is 13.0. The van der Waals surface area contributed by atoms with E-state index in [1.807, 2.05) is 38.4 Å². The van der Waals surface area contributed by atoms with Gasteiger partial charge in [0.25, 0.3) is 0 Å². The minimum Gasteiger partial charge on any atom is -0.481 e. The summed E-state index contributed by atoms with van der Waals surface area (Å²) in [6.45, 7) is 0. The van der Waals surface area contributed by atoms with Gasteiger partial charge < -0.3 is 20.4 Å². The Labute approximate surface area is 173 Å². The molecule has 0 spiro atoms. The molecule has 1 aromatic heterocycles. The first-order valence-corrected chi connectivity index (χ1v) is 9.34. The number of aliphatic hydroxyl groups excluding tert-OH is 1. The van der Waals surface area contributed by atoms with Crippen molar-refractivity contribution in [3.63, 3.8) is 0 Å². The summed E-state index contributed by atoms with van der Waals surface area (Å²) >= 11 is 0. The first-order chi connectivity index (χ1) is 14.3. The summed E-state index contributed by atoms with van der Waals surface area (Å²) in [6.07, 6.45) is 0.949. The second-order valence-corrected chi connectivity index (χ2v) is 7.07. The molecule has 3 N–H and O–H groups in total. The first-order valence-electron chi connectivity index (χ1n) is 9.34. The summed E-state index contributed by atoms with van der Waals surface area (Å²) in [5, 5.41) is 22.2. The van der Waals surface area contributed by atoms with Gasteiger partial charge in [0.2, 0.25) is 0 Å². The van der Waals surface area contributed by atoms with Crippen molar-refractivity contribution in [2.75, 3.05) is 24.3 Å². The van der Waals surface area contributed by atoms with Crippen molar-refractivity contribution in [2.45, 2.75) is 19.1 Å². The number of aromatic nitrogens is 2. The number of carboxylic acids is 1. The molecule has 0 amide bonds. The third-order valence-electron chi connectivity index (χ3n) is 4.46. The van der Waals surface area contributed by atoms with E-state index in [4.69, 9.17) is 5.11 Å². The molecule has 0 saturated carbocycles. The van der Waals surface area contributed by atoms with Gasteiger partial charge in [0.1, 0.15) is 17.5 Å². The molecule has 1 heterocycles. The van der Waals surface area contributed by atoms with Gasteiger partial charge in [-0.05, 0) is 29.8 Å². The van der Waals surface area contributed by atoms with Gasteiger partial charge >= 0.3 is 5.97 Å². The van der Waals surface area contributed by atoms with Gasteiger partial charge in [-0.2, -0.15) is 0 Å². The van der Waals surface area contributed by atoms with Gasteiger partial charge in [-0.15, -0.1) is 0 Å². The summed E-state index contributed by atoms with van der Waals surface area (Å²) < 4.78 is 13.0. The molecule has 3 aromatic rings. The van der Waals surface area contributed by atoms with Gasteiger partial charge in [0, 0.05) is 43.5 Å². The number of benzene rings is 2. The Hall–Kier alpha value is -3.52. The minimum atomic E-state index is -0.954. The van der Waals surface area contributed by atoms with Crippen LogP contribution in [0.3, 0.4) is 0 Å². The van der Waals surface area contributed by atoms with Crippen molar-refractivity contribution in [2.24, 2.45) is 0 Å². The van der Waals surface area contributed by atoms with E-state index in [9.17, 15) is 14.3 Å². The van der Waals surface area contributed by atoms with Crippen LogP contribution in [0.1, 0.15) is 28.7 Å². The second-order valence-electron chi connectivity index (χ2n) is 7.07. The molecule has 0 aliphatic rings. The molecule has 0 bridgehead atoms. The lowest BCUT2D eigenvalue weighted by atomic mass is 10.1. The standard InChI is InChI=1S/C22H23FN4O3/c1-27(2)21-16(12-20(28)29)13-24-19(26-21)11-14-3-9-18(10-4-14)25-22(30)15-5-7-17(23)8-6-15/h3-10,13,22,25,30H,11-12H2,1-2H3,(H,28,29). The highest BCUT2D eigenvalue weighted by molar-refractivity contribution is 5.72. The molecule has 1 unspecified atom stereocenters. The van der Waals surface area contributed by atoms with Crippen LogP contribution in [0.15, 0.2) is 54.7 Å². The predicted molar refractivity (Wildman–Crippen MR) is 112 cm³/mol. The monoisotopic (exact) mass is 410 g/mol. The number of halogens is 1. The molecule has 30 heavy (non-hydrogen) atoms. The number of carbonyl (C=O) groups is 1. The van der Waals surface area contributed by atoms with E-state index in [2.05, 4.69) is 15.3 Å². The van der Waals surface area contributed by atoms with Crippen molar-refractivity contribution in [3.8, 4) is 0 Å². The van der Waals surface area contributed by atoms with Gasteiger partial charge in [-0.3, -0.25) is 4.79 Å². The molecule has 3 rings (SSSR count). The van der Waals surface area contributed by atoms with Crippen LogP contribution < -0.4 is 10.2 Å². The Morgan fingerprint density at radius 3 is 2.40 bits per heavy atom. The summed E-state index contributed by atoms with van der Waals surface area (Å²) in [7, 11) is 3.62. The zero-order valence-electron chi connectivity index (χ0n) is 16.7. The quantitative estimate of drug-likeness (QED) is 0.491. The second kappa shape index (κ2) is 9.32. The molecule has 0 saturated heterocycles. The van der Waals surface area contributed by atoms with Crippen LogP contribution in [0.25, 0.3) is 0 Å². The highest BCUT2D eigenvalue weighted by Gasteiger charge is 2.13. The lowest BCUT2D eigenvalue weighted by Crippen LogP contribution is -2.17. The van der Waals surface area contributed by atoms with Gasteiger partial charge in [-0.1, -0.05) is 24.3 Å². The van der Waals surface area contributed by atoms with Crippen molar-refractivity contribution in [1.29, 1.82) is 0 Å². The zero-order chi connectivity index (χ0) is 21.7. The molecule has 7 nitrogen and oxygen atoms in total. The third-order valence-corrected chi connectivity index (χ3v) is 4.46. The predicted octanol–water partition coefficient (Wildman–Crippen LogP) is 3.00. The lowest BCUT2D eigenvalue weighted by molar-refractivity contribution is -0.136. The summed E-state index contributed by atoms with van der Waals surface area (Å²) in [6, 6.07) is 13.1. The Morgan fingerprint density at radius 1 is 1.13 bits per heavy atom. The average molecular weight is 410 g/mol. The molecule has 1 atom stereocenters. The van der Waals surface area contributed by atoms with Gasteiger partial charge in [-0.25, -0.2) is 14.4 Å². The first kappa shape index (κ1) is 21.2. The molecular weight excluding hydrogens is 387 g/mol. The van der Waals surface area contributed by atoms with E-state index in [-0.39, 0.29) is 12.2 Å². The van der Waals surface area contributed by atoms with E-state index in [0.29, 0.717) is 34.9 Å². The van der Waals surface area contributed by atoms with Crippen molar-refractivity contribution >= 4 is 17.5 Å². The number of aliphatic carboxylic acids is 1. The lowest BCUT2D eigenvalue weighted by Gasteiger charge is -2.16. The van der Waals surface area contributed by atoms with Gasteiger partial charge in [0.05, 0.1) is 6.42 Å². The van der Waals surface area contributed by atoms with E-state index in [0.717, 1.165) is 5.56 Å². The third kappa shape index (κ3) is 5.51. The van der Waals surface area contributed by atoms with E-state index in [1.165, 1.54) is 24.3 Å². The number of hydrogen-bond donors (Lipinski definition) is 3. The largest absolute Gasteiger partial charge is 0.481 e. The fourth-order valence-corrected chi connectivity index (χ4v) is 2.98. The van der Waals surface area contributed by atoms with Crippen molar-refractivity contribution < 1.29 is 19.4 Å². The summed E-state index contributed by atoms with van der Waals surface area (Å²) in [4.78, 5) is 21.6. The molecule has 2 aromatic carbocycles. The fraction of sp³-hybridized carbons (Fsp3) is 0.227. The number of nitrogens with zero attached hydrogens (tertiary/aromatic N) is 3. The SMILES string of the molecule is CN(C)c1nc(Cc2ccc(NC(O)c3ccc(F)cc3)cc2)ncc1CC(=O)O. The van der Waals surface area contributed by atoms with Crippen LogP contribution in [0, 0.1) is 5.82 Å². The van der Waals surface area contributed by atoms with Crippen LogP contribution in [-0.2, 0) is 17.6 Å². The minimum absolute atomic E-state index is 0.134. The number of anilines is 2. The van der Waals surface area contributed by atoms with Crippen LogP contribution in [0.5, 0.6) is 0 Å². The number of aliphatic hydroxyl groups is 1. The van der Waals surface area contributed by atoms with Crippen molar-refractivity contribution in [1.82, 2.24) is 9.97 Å². The average Bonchev–Trinajstić information content (AvgIpc) is 2.70. The Morgan fingerprint density at radius 2 is 1.80 bits per heavy atom. The van der Waals surface area contributed by atoms with Crippen LogP contribution in [-0.4, -0.2) is 40.2 Å². The number of hydrogen-bond acceptors (Lipinski definition) is 6. The van der Waals surface area contributed by atoms with Crippen LogP contribution in [0.4, 0.5) is 15.9 Å². The van der Waals surface area contributed by atoms with Crippen molar-refractivity contribution in [3.05, 3.63) is 83.1 Å². The van der Waals surface area contributed by atoms with Crippen LogP contribution in [0.2, 0.25) is 0 Å². The molecular formula is C22H23FN4O3. The molecule has 0 aliphatic carbocycles. The number of rotatable bonds is 8. The molecule has 156 valence electrons. The number of carboxylic acid groups (broad SMARTS) is 1. The maximum absolute atomic E-state index is 13.0. The highest BCUT2D eigenvalue weighted by atomic mass is 19.1. The van der Waals surface area contributed by atoms with E-state index in [1.54, 1.807) is 11.1 Å². The molecule has 0 aliphatic heterocycles. The highest BCUT2D eigenvalue weighted by Crippen LogP contribution is 2.20. The topological polar surface area (TPSA) is 98.6 Å². The van der Waals surface area contributed by atoms with Gasteiger partial charge in [0.15, 0.2) is 6.23 Å². The van der Waals surface area contributed by atoms with E-state index < -0.39 is 12.2 Å². The van der Waals surface area contributed by atoms with Crippen LogP contribution >= 0.6 is 0 Å². The zero-order valence-corrected chi connectivity index (χ0v) is 16.7. The normalized spacial score (nSPS) is 11.7. The van der Waals surface area contributed by atoms with E-state index >= 15 is 0 Å². The molecule has 0 fully saturated rings. The summed E-state index contributed by atoms with van der Waals surface area (Å²) in [5.74, 6) is -0.116. The molecule has 0 radical (unpaired) electrons. The summed E-state index contributed by atoms with van der Waals surface area (Å²) in [5.41, 5.74) is 2.80. The Balaban J connectivity index is 1.68. The molecule has 8 heteroatoms. The Bertz CT molecular complexity index is 1010. The maximum Gasteiger partial charge on any atom is 0.308 e. The number of nitrogens with one attached hydrogen (secondary N) is 1. The fourth-order valence-electron chi connectivity index (χ4n) is 2.98. The smallest absolute Gasteiger partial charge is 0.308 e. The Kier molecular flexibility index (Phi) is 6.58.